The Morgan fingerprint density at radius 2 is 2.26 bits per heavy atom. The second-order valence-electron chi connectivity index (χ2n) is 5.77. The highest BCUT2D eigenvalue weighted by Crippen LogP contribution is 2.22. The van der Waals surface area contributed by atoms with Crippen LogP contribution >= 0.6 is 0 Å². The van der Waals surface area contributed by atoms with Gasteiger partial charge in [0, 0.05) is 13.1 Å². The van der Waals surface area contributed by atoms with Gasteiger partial charge in [0.05, 0.1) is 6.42 Å². The molecule has 2 rings (SSSR count). The number of carbonyl (C=O) groups excluding carboxylic acids is 1. The van der Waals surface area contributed by atoms with Crippen LogP contribution in [0.1, 0.15) is 24.5 Å². The van der Waals surface area contributed by atoms with E-state index in [1.807, 2.05) is 17.0 Å². The summed E-state index contributed by atoms with van der Waals surface area (Å²) < 4.78 is 0. The predicted octanol–water partition coefficient (Wildman–Crippen LogP) is 1.98. The maximum Gasteiger partial charge on any atom is 0.226 e. The Kier molecular flexibility index (Phi) is 4.59. The maximum absolute atomic E-state index is 12.3. The van der Waals surface area contributed by atoms with Crippen LogP contribution in [0.25, 0.3) is 0 Å². The molecular weight excluding hydrogens is 236 g/mol. The number of nitrogens with two attached hydrogens (primary N) is 1. The Morgan fingerprint density at radius 1 is 1.47 bits per heavy atom. The normalized spacial score (nSPS) is 23.4. The van der Waals surface area contributed by atoms with Crippen molar-refractivity contribution in [2.75, 3.05) is 19.6 Å². The third-order valence-corrected chi connectivity index (χ3v) is 4.21. The smallest absolute Gasteiger partial charge is 0.226 e. The summed E-state index contributed by atoms with van der Waals surface area (Å²) in [4.78, 5) is 14.3. The number of piperidine rings is 1. The molecule has 1 aliphatic rings. The second kappa shape index (κ2) is 6.20. The zero-order chi connectivity index (χ0) is 13.8. The van der Waals surface area contributed by atoms with E-state index in [2.05, 4.69) is 26.0 Å². The molecule has 1 amide bonds. The number of nitrogens with zero attached hydrogens (tertiary/aromatic N) is 1. The molecule has 1 heterocycles. The Hall–Kier alpha value is -1.35. The lowest BCUT2D eigenvalue weighted by atomic mass is 9.87. The molecule has 0 saturated carbocycles. The van der Waals surface area contributed by atoms with E-state index in [9.17, 15) is 4.79 Å². The Labute approximate surface area is 115 Å². The van der Waals surface area contributed by atoms with Crippen molar-refractivity contribution in [3.63, 3.8) is 0 Å². The molecule has 0 bridgehead atoms. The maximum atomic E-state index is 12.3. The molecule has 3 nitrogen and oxygen atoms in total. The minimum absolute atomic E-state index is 0.232. The minimum atomic E-state index is 0.232. The first-order valence-corrected chi connectivity index (χ1v) is 7.13. The summed E-state index contributed by atoms with van der Waals surface area (Å²) in [6.07, 6.45) is 1.58. The first-order chi connectivity index (χ1) is 9.10. The van der Waals surface area contributed by atoms with E-state index in [1.54, 1.807) is 0 Å². The summed E-state index contributed by atoms with van der Waals surface area (Å²) in [5.74, 6) is 1.32. The fraction of sp³-hybridized carbons (Fsp3) is 0.562. The zero-order valence-electron chi connectivity index (χ0n) is 11.9. The van der Waals surface area contributed by atoms with E-state index >= 15 is 0 Å². The summed E-state index contributed by atoms with van der Waals surface area (Å²) in [7, 11) is 0. The van der Waals surface area contributed by atoms with Gasteiger partial charge in [-0.05, 0) is 37.3 Å². The molecule has 2 atom stereocenters. The van der Waals surface area contributed by atoms with Crippen molar-refractivity contribution in [2.45, 2.75) is 26.7 Å². The number of carbonyl (C=O) groups is 1. The largest absolute Gasteiger partial charge is 0.342 e. The van der Waals surface area contributed by atoms with Crippen LogP contribution in [0, 0.1) is 18.8 Å². The molecule has 19 heavy (non-hydrogen) atoms. The van der Waals surface area contributed by atoms with Crippen LogP contribution in [-0.4, -0.2) is 30.4 Å². The van der Waals surface area contributed by atoms with Crippen molar-refractivity contribution in [3.8, 4) is 0 Å². The van der Waals surface area contributed by atoms with Crippen LogP contribution < -0.4 is 5.73 Å². The van der Waals surface area contributed by atoms with E-state index in [0.717, 1.165) is 25.1 Å². The van der Waals surface area contributed by atoms with E-state index in [1.165, 1.54) is 5.56 Å². The van der Waals surface area contributed by atoms with Crippen molar-refractivity contribution in [2.24, 2.45) is 17.6 Å². The van der Waals surface area contributed by atoms with Gasteiger partial charge in [0.1, 0.15) is 0 Å². The molecule has 1 aliphatic heterocycles. The number of aryl methyl sites for hydroxylation is 1. The van der Waals surface area contributed by atoms with Crippen molar-refractivity contribution >= 4 is 5.91 Å². The molecule has 3 heteroatoms. The third kappa shape index (κ3) is 3.57. The van der Waals surface area contributed by atoms with Crippen molar-refractivity contribution in [1.29, 1.82) is 0 Å². The Balaban J connectivity index is 1.97. The highest BCUT2D eigenvalue weighted by atomic mass is 16.2. The molecule has 0 spiro atoms. The second-order valence-corrected chi connectivity index (χ2v) is 5.77. The number of benzene rings is 1. The number of rotatable bonds is 3. The van der Waals surface area contributed by atoms with Gasteiger partial charge < -0.3 is 10.6 Å². The van der Waals surface area contributed by atoms with Crippen LogP contribution in [0.4, 0.5) is 0 Å². The summed E-state index contributed by atoms with van der Waals surface area (Å²) in [5.41, 5.74) is 8.10. The monoisotopic (exact) mass is 260 g/mol. The molecule has 1 aromatic carbocycles. The summed E-state index contributed by atoms with van der Waals surface area (Å²) in [5, 5.41) is 0. The molecule has 2 unspecified atom stereocenters. The zero-order valence-corrected chi connectivity index (χ0v) is 11.9. The number of hydrogen-bond acceptors (Lipinski definition) is 2. The molecule has 1 saturated heterocycles. The van der Waals surface area contributed by atoms with Crippen molar-refractivity contribution < 1.29 is 4.79 Å². The highest BCUT2D eigenvalue weighted by Gasteiger charge is 2.27. The van der Waals surface area contributed by atoms with E-state index in [-0.39, 0.29) is 5.91 Å². The third-order valence-electron chi connectivity index (χ3n) is 4.21. The molecule has 0 radical (unpaired) electrons. The van der Waals surface area contributed by atoms with Crippen LogP contribution in [0.3, 0.4) is 0 Å². The topological polar surface area (TPSA) is 46.3 Å². The first kappa shape index (κ1) is 14.1. The van der Waals surface area contributed by atoms with Gasteiger partial charge in [0.15, 0.2) is 0 Å². The lowest BCUT2D eigenvalue weighted by Crippen LogP contribution is -2.46. The van der Waals surface area contributed by atoms with Gasteiger partial charge in [-0.1, -0.05) is 36.8 Å². The van der Waals surface area contributed by atoms with Gasteiger partial charge in [0.2, 0.25) is 5.91 Å². The lowest BCUT2D eigenvalue weighted by Gasteiger charge is -2.36. The highest BCUT2D eigenvalue weighted by molar-refractivity contribution is 5.79. The summed E-state index contributed by atoms with van der Waals surface area (Å²) in [6, 6.07) is 8.18. The number of hydrogen-bond donors (Lipinski definition) is 1. The van der Waals surface area contributed by atoms with E-state index in [0.29, 0.717) is 24.8 Å². The van der Waals surface area contributed by atoms with E-state index in [4.69, 9.17) is 5.73 Å². The molecule has 2 N–H and O–H groups in total. The van der Waals surface area contributed by atoms with Crippen molar-refractivity contribution in [3.05, 3.63) is 35.4 Å². The van der Waals surface area contributed by atoms with Crippen LogP contribution in [-0.2, 0) is 11.2 Å². The Bertz CT molecular complexity index is 444. The average molecular weight is 260 g/mol. The molecule has 0 aliphatic carbocycles. The fourth-order valence-electron chi connectivity index (χ4n) is 2.79. The molecule has 0 aromatic heterocycles. The van der Waals surface area contributed by atoms with Gasteiger partial charge in [-0.25, -0.2) is 0 Å². The fourth-order valence-corrected chi connectivity index (χ4v) is 2.79. The first-order valence-electron chi connectivity index (χ1n) is 7.13. The lowest BCUT2D eigenvalue weighted by molar-refractivity contribution is -0.132. The standard InChI is InChI=1S/C16H24N2O/c1-12-4-3-5-14(8-12)9-16(19)18-7-6-13(2)15(10-17)11-18/h3-5,8,13,15H,6-7,9-11,17H2,1-2H3. The SMILES string of the molecule is Cc1cccc(CC(=O)N2CCC(C)C(CN)C2)c1. The molecule has 104 valence electrons. The van der Waals surface area contributed by atoms with Gasteiger partial charge in [-0.3, -0.25) is 4.79 Å². The van der Waals surface area contributed by atoms with Crippen LogP contribution in [0.5, 0.6) is 0 Å². The van der Waals surface area contributed by atoms with Gasteiger partial charge in [-0.15, -0.1) is 0 Å². The van der Waals surface area contributed by atoms with Crippen LogP contribution in [0.15, 0.2) is 24.3 Å². The van der Waals surface area contributed by atoms with E-state index < -0.39 is 0 Å². The Morgan fingerprint density at radius 3 is 2.95 bits per heavy atom. The van der Waals surface area contributed by atoms with Crippen LogP contribution in [0.2, 0.25) is 0 Å². The van der Waals surface area contributed by atoms with Gasteiger partial charge in [-0.2, -0.15) is 0 Å². The summed E-state index contributed by atoms with van der Waals surface area (Å²) >= 11 is 0. The van der Waals surface area contributed by atoms with Gasteiger partial charge in [0.25, 0.3) is 0 Å². The number of amides is 1. The minimum Gasteiger partial charge on any atom is -0.342 e. The molecule has 1 fully saturated rings. The number of likely N-dealkylation sites (tertiary alicyclic amines) is 1. The predicted molar refractivity (Wildman–Crippen MR) is 77.8 cm³/mol. The average Bonchev–Trinajstić information content (AvgIpc) is 2.39. The quantitative estimate of drug-likeness (QED) is 0.903. The van der Waals surface area contributed by atoms with Crippen molar-refractivity contribution in [1.82, 2.24) is 4.90 Å². The molecular formula is C16H24N2O. The summed E-state index contributed by atoms with van der Waals surface area (Å²) in [6.45, 7) is 6.67. The van der Waals surface area contributed by atoms with Gasteiger partial charge >= 0.3 is 0 Å². The molecule has 1 aromatic rings.